The fourth-order valence-corrected chi connectivity index (χ4v) is 2.79. The lowest BCUT2D eigenvalue weighted by Crippen LogP contribution is -1.88. The van der Waals surface area contributed by atoms with Crippen molar-refractivity contribution in [2.24, 2.45) is 0 Å². The van der Waals surface area contributed by atoms with Crippen LogP contribution in [0.25, 0.3) is 10.6 Å². The monoisotopic (exact) mass is 225 g/mol. The zero-order chi connectivity index (χ0) is 9.80. The first-order chi connectivity index (χ1) is 6.90. The van der Waals surface area contributed by atoms with Gasteiger partial charge < -0.3 is 5.11 Å². The average Bonchev–Trinajstić information content (AvgIpc) is 2.85. The fraction of sp³-hybridized carbons (Fsp3) is 0.300. The van der Waals surface area contributed by atoms with Gasteiger partial charge in [0.05, 0.1) is 15.6 Å². The van der Waals surface area contributed by atoms with E-state index < -0.39 is 0 Å². The largest absolute Gasteiger partial charge is 0.396 e. The number of aromatic nitrogens is 1. The third kappa shape index (κ3) is 2.20. The maximum absolute atomic E-state index is 8.70. The van der Waals surface area contributed by atoms with Crippen molar-refractivity contribution in [1.82, 2.24) is 4.98 Å². The van der Waals surface area contributed by atoms with Crippen LogP contribution < -0.4 is 0 Å². The van der Waals surface area contributed by atoms with Crippen LogP contribution in [0.1, 0.15) is 11.4 Å². The second-order valence-electron chi connectivity index (χ2n) is 2.93. The number of aliphatic hydroxyl groups is 1. The molecule has 2 rings (SSSR count). The molecule has 0 saturated carbocycles. The van der Waals surface area contributed by atoms with Gasteiger partial charge in [-0.15, -0.1) is 22.7 Å². The standard InChI is InChI=1S/C10H11NOS2/c12-5-1-4-10-11-8(7-14-10)9-3-2-6-13-9/h2-3,6-7,12H,1,4-5H2. The molecule has 14 heavy (non-hydrogen) atoms. The van der Waals surface area contributed by atoms with Gasteiger partial charge in [0.2, 0.25) is 0 Å². The minimum absolute atomic E-state index is 0.244. The minimum atomic E-state index is 0.244. The SMILES string of the molecule is OCCCc1nc(-c2cccs2)cs1. The Kier molecular flexibility index (Phi) is 3.29. The number of nitrogens with zero attached hydrogens (tertiary/aromatic N) is 1. The summed E-state index contributed by atoms with van der Waals surface area (Å²) in [5, 5.41) is 14.0. The minimum Gasteiger partial charge on any atom is -0.396 e. The van der Waals surface area contributed by atoms with Gasteiger partial charge in [0.25, 0.3) is 0 Å². The molecular weight excluding hydrogens is 214 g/mol. The van der Waals surface area contributed by atoms with Gasteiger partial charge in [-0.05, 0) is 17.9 Å². The molecule has 2 aromatic rings. The van der Waals surface area contributed by atoms with Gasteiger partial charge in [-0.2, -0.15) is 0 Å². The summed E-state index contributed by atoms with van der Waals surface area (Å²) in [6, 6.07) is 4.11. The summed E-state index contributed by atoms with van der Waals surface area (Å²) in [6.45, 7) is 0.244. The molecule has 0 bridgehead atoms. The Morgan fingerprint density at radius 1 is 1.36 bits per heavy atom. The van der Waals surface area contributed by atoms with E-state index >= 15 is 0 Å². The van der Waals surface area contributed by atoms with Crippen LogP contribution in [0.5, 0.6) is 0 Å². The predicted octanol–water partition coefficient (Wildman–Crippen LogP) is 2.80. The van der Waals surface area contributed by atoms with Crippen LogP contribution in [0.2, 0.25) is 0 Å². The van der Waals surface area contributed by atoms with Crippen LogP contribution in [0, 0.1) is 0 Å². The third-order valence-electron chi connectivity index (χ3n) is 1.87. The molecule has 0 aliphatic carbocycles. The van der Waals surface area contributed by atoms with Gasteiger partial charge in [-0.3, -0.25) is 0 Å². The summed E-state index contributed by atoms with van der Waals surface area (Å²) in [5.74, 6) is 0. The Hall–Kier alpha value is -0.710. The van der Waals surface area contributed by atoms with Gasteiger partial charge in [-0.1, -0.05) is 6.07 Å². The van der Waals surface area contributed by atoms with Crippen molar-refractivity contribution in [2.45, 2.75) is 12.8 Å². The molecule has 2 aromatic heterocycles. The molecule has 0 atom stereocenters. The normalized spacial score (nSPS) is 10.6. The van der Waals surface area contributed by atoms with E-state index in [1.807, 2.05) is 6.07 Å². The molecular formula is C10H11NOS2. The molecule has 0 fully saturated rings. The molecule has 0 radical (unpaired) electrons. The van der Waals surface area contributed by atoms with Gasteiger partial charge in [0.15, 0.2) is 0 Å². The van der Waals surface area contributed by atoms with Crippen molar-refractivity contribution in [3.8, 4) is 10.6 Å². The van der Waals surface area contributed by atoms with Crippen LogP contribution in [-0.4, -0.2) is 16.7 Å². The van der Waals surface area contributed by atoms with Gasteiger partial charge in [0, 0.05) is 18.4 Å². The van der Waals surface area contributed by atoms with E-state index in [4.69, 9.17) is 5.11 Å². The van der Waals surface area contributed by atoms with Crippen molar-refractivity contribution < 1.29 is 5.11 Å². The second kappa shape index (κ2) is 4.68. The van der Waals surface area contributed by atoms with Crippen LogP contribution in [0.15, 0.2) is 22.9 Å². The number of thiazole rings is 1. The highest BCUT2D eigenvalue weighted by Crippen LogP contribution is 2.26. The maximum atomic E-state index is 8.70. The van der Waals surface area contributed by atoms with Crippen LogP contribution in [-0.2, 0) is 6.42 Å². The van der Waals surface area contributed by atoms with Gasteiger partial charge >= 0.3 is 0 Å². The summed E-state index contributed by atoms with van der Waals surface area (Å²) >= 11 is 3.38. The predicted molar refractivity (Wildman–Crippen MR) is 60.8 cm³/mol. The molecule has 0 unspecified atom stereocenters. The molecule has 0 saturated heterocycles. The van der Waals surface area contributed by atoms with Crippen molar-refractivity contribution in [2.75, 3.05) is 6.61 Å². The Morgan fingerprint density at radius 3 is 3.00 bits per heavy atom. The molecule has 4 heteroatoms. The quantitative estimate of drug-likeness (QED) is 0.868. The highest BCUT2D eigenvalue weighted by atomic mass is 32.1. The van der Waals surface area contributed by atoms with E-state index in [-0.39, 0.29) is 6.61 Å². The molecule has 2 heterocycles. The first-order valence-corrected chi connectivity index (χ1v) is 6.25. The Bertz CT molecular complexity index is 380. The summed E-state index contributed by atoms with van der Waals surface area (Å²) in [7, 11) is 0. The summed E-state index contributed by atoms with van der Waals surface area (Å²) in [5.41, 5.74) is 1.07. The maximum Gasteiger partial charge on any atom is 0.0933 e. The first-order valence-electron chi connectivity index (χ1n) is 4.49. The molecule has 0 aliphatic heterocycles. The van der Waals surface area contributed by atoms with Crippen molar-refractivity contribution in [3.63, 3.8) is 0 Å². The number of thiophene rings is 1. The Morgan fingerprint density at radius 2 is 2.29 bits per heavy atom. The molecule has 0 spiro atoms. The van der Waals surface area contributed by atoms with E-state index in [0.29, 0.717) is 0 Å². The lowest BCUT2D eigenvalue weighted by Gasteiger charge is -1.91. The summed E-state index contributed by atoms with van der Waals surface area (Å²) < 4.78 is 0. The third-order valence-corrected chi connectivity index (χ3v) is 3.68. The second-order valence-corrected chi connectivity index (χ2v) is 4.82. The molecule has 0 aliphatic rings. The molecule has 74 valence electrons. The average molecular weight is 225 g/mol. The summed E-state index contributed by atoms with van der Waals surface area (Å²) in [4.78, 5) is 5.73. The number of hydrogen-bond donors (Lipinski definition) is 1. The van der Waals surface area contributed by atoms with E-state index in [1.165, 1.54) is 4.88 Å². The van der Waals surface area contributed by atoms with Crippen LogP contribution in [0.3, 0.4) is 0 Å². The lowest BCUT2D eigenvalue weighted by atomic mass is 10.3. The Balaban J connectivity index is 2.10. The fourth-order valence-electron chi connectivity index (χ4n) is 1.19. The smallest absolute Gasteiger partial charge is 0.0933 e. The number of hydrogen-bond acceptors (Lipinski definition) is 4. The summed E-state index contributed by atoms with van der Waals surface area (Å²) in [6.07, 6.45) is 1.68. The van der Waals surface area contributed by atoms with Crippen molar-refractivity contribution >= 4 is 22.7 Å². The van der Waals surface area contributed by atoms with Gasteiger partial charge in [0.1, 0.15) is 0 Å². The zero-order valence-electron chi connectivity index (χ0n) is 7.64. The van der Waals surface area contributed by atoms with Crippen LogP contribution in [0.4, 0.5) is 0 Å². The number of aryl methyl sites for hydroxylation is 1. The van der Waals surface area contributed by atoms with Gasteiger partial charge in [-0.25, -0.2) is 4.98 Å². The van der Waals surface area contributed by atoms with Crippen molar-refractivity contribution in [1.29, 1.82) is 0 Å². The van der Waals surface area contributed by atoms with E-state index in [1.54, 1.807) is 22.7 Å². The molecule has 0 amide bonds. The topological polar surface area (TPSA) is 33.1 Å². The van der Waals surface area contributed by atoms with E-state index in [0.717, 1.165) is 23.5 Å². The molecule has 0 aromatic carbocycles. The van der Waals surface area contributed by atoms with Crippen LogP contribution >= 0.6 is 22.7 Å². The van der Waals surface area contributed by atoms with Crippen molar-refractivity contribution in [3.05, 3.63) is 27.9 Å². The lowest BCUT2D eigenvalue weighted by molar-refractivity contribution is 0.288. The zero-order valence-corrected chi connectivity index (χ0v) is 9.27. The first kappa shape index (κ1) is 9.83. The number of aliphatic hydroxyl groups excluding tert-OH is 1. The van der Waals surface area contributed by atoms with E-state index in [9.17, 15) is 0 Å². The highest BCUT2D eigenvalue weighted by Gasteiger charge is 2.04. The van der Waals surface area contributed by atoms with E-state index in [2.05, 4.69) is 21.8 Å². The molecule has 1 N–H and O–H groups in total. The number of rotatable bonds is 4. The highest BCUT2D eigenvalue weighted by molar-refractivity contribution is 7.14. The molecule has 2 nitrogen and oxygen atoms in total. The Labute approximate surface area is 90.9 Å².